The van der Waals surface area contributed by atoms with Crippen LogP contribution in [0.2, 0.25) is 0 Å². The van der Waals surface area contributed by atoms with Gasteiger partial charge in [0.15, 0.2) is 0 Å². The molecule has 3 fully saturated rings. The summed E-state index contributed by atoms with van der Waals surface area (Å²) in [5.41, 5.74) is 2.35. The van der Waals surface area contributed by atoms with Crippen LogP contribution in [0.3, 0.4) is 0 Å². The maximum atomic E-state index is 13.0. The normalized spacial score (nSPS) is 32.1. The van der Waals surface area contributed by atoms with Gasteiger partial charge in [0.25, 0.3) is 0 Å². The molecule has 3 heterocycles. The van der Waals surface area contributed by atoms with Gasteiger partial charge >= 0.3 is 0 Å². The first-order valence-corrected chi connectivity index (χ1v) is 9.44. The maximum absolute atomic E-state index is 13.0. The van der Waals surface area contributed by atoms with Crippen LogP contribution in [-0.4, -0.2) is 54.6 Å². The molecule has 4 atom stereocenters. The Labute approximate surface area is 150 Å². The molecule has 0 aromatic heterocycles. The minimum Gasteiger partial charge on any atom is -0.373 e. The lowest BCUT2D eigenvalue weighted by atomic mass is 9.95. The van der Waals surface area contributed by atoms with Gasteiger partial charge in [-0.15, -0.1) is 0 Å². The number of hydrogen-bond acceptors (Lipinski definition) is 3. The molecule has 1 amide bonds. The summed E-state index contributed by atoms with van der Waals surface area (Å²) in [7, 11) is 0. The van der Waals surface area contributed by atoms with Crippen molar-refractivity contribution in [1.29, 1.82) is 0 Å². The van der Waals surface area contributed by atoms with Crippen molar-refractivity contribution in [1.82, 2.24) is 9.80 Å². The number of carbonyl (C=O) groups is 1. The van der Waals surface area contributed by atoms with E-state index in [1.165, 1.54) is 5.56 Å². The number of amides is 1. The molecule has 0 unspecified atom stereocenters. The third-order valence-corrected chi connectivity index (χ3v) is 6.02. The van der Waals surface area contributed by atoms with Crippen LogP contribution >= 0.6 is 0 Å². The van der Waals surface area contributed by atoms with Crippen LogP contribution in [0.1, 0.15) is 18.9 Å². The molecule has 4 heteroatoms. The van der Waals surface area contributed by atoms with Crippen LogP contribution in [0, 0.1) is 17.8 Å². The van der Waals surface area contributed by atoms with Gasteiger partial charge in [0.05, 0.1) is 12.0 Å². The van der Waals surface area contributed by atoms with Crippen LogP contribution in [0.4, 0.5) is 0 Å². The van der Waals surface area contributed by atoms with Gasteiger partial charge in [0.1, 0.15) is 0 Å². The Hall–Kier alpha value is -1.65. The summed E-state index contributed by atoms with van der Waals surface area (Å²) in [5, 5.41) is 0. The molecule has 0 bridgehead atoms. The highest BCUT2D eigenvalue weighted by Gasteiger charge is 2.45. The van der Waals surface area contributed by atoms with Crippen molar-refractivity contribution >= 4 is 5.91 Å². The highest BCUT2D eigenvalue weighted by Crippen LogP contribution is 2.35. The predicted molar refractivity (Wildman–Crippen MR) is 97.9 cm³/mol. The average Bonchev–Trinajstić information content (AvgIpc) is 3.29. The van der Waals surface area contributed by atoms with Crippen molar-refractivity contribution in [3.8, 4) is 0 Å². The summed E-state index contributed by atoms with van der Waals surface area (Å²) in [5.74, 6) is 1.52. The standard InChI is InChI=1S/C21H28N2O2/c1-15(2)20-19(8-9-25-20)21(24)23-13-17-11-22(12-18(17)14-23)10-16-6-4-3-5-7-16/h3-7,17-20H,1,8-14H2,2H3/t17-,18+,19-,20-/m1/s1. The van der Waals surface area contributed by atoms with Crippen LogP contribution in [0.25, 0.3) is 0 Å². The van der Waals surface area contributed by atoms with Crippen molar-refractivity contribution < 1.29 is 9.53 Å². The van der Waals surface area contributed by atoms with Gasteiger partial charge in [0.2, 0.25) is 5.91 Å². The molecule has 4 nitrogen and oxygen atoms in total. The first-order valence-electron chi connectivity index (χ1n) is 9.44. The molecular weight excluding hydrogens is 312 g/mol. The lowest BCUT2D eigenvalue weighted by molar-refractivity contribution is -0.136. The third kappa shape index (κ3) is 3.38. The van der Waals surface area contributed by atoms with E-state index in [2.05, 4.69) is 46.7 Å². The van der Waals surface area contributed by atoms with E-state index in [0.29, 0.717) is 18.4 Å². The summed E-state index contributed by atoms with van der Waals surface area (Å²) in [4.78, 5) is 17.6. The van der Waals surface area contributed by atoms with E-state index in [4.69, 9.17) is 4.74 Å². The summed E-state index contributed by atoms with van der Waals surface area (Å²) < 4.78 is 5.73. The second-order valence-corrected chi connectivity index (χ2v) is 7.98. The predicted octanol–water partition coefficient (Wildman–Crippen LogP) is 2.56. The lowest BCUT2D eigenvalue weighted by Gasteiger charge is -2.26. The second-order valence-electron chi connectivity index (χ2n) is 7.98. The van der Waals surface area contributed by atoms with Gasteiger partial charge < -0.3 is 9.64 Å². The Kier molecular flexibility index (Phi) is 4.65. The summed E-state index contributed by atoms with van der Waals surface area (Å²) in [6.45, 7) is 11.7. The van der Waals surface area contributed by atoms with Gasteiger partial charge in [-0.25, -0.2) is 0 Å². The average molecular weight is 340 g/mol. The topological polar surface area (TPSA) is 32.8 Å². The molecule has 0 spiro atoms. The quantitative estimate of drug-likeness (QED) is 0.790. The van der Waals surface area contributed by atoms with Crippen molar-refractivity contribution in [3.63, 3.8) is 0 Å². The van der Waals surface area contributed by atoms with Crippen molar-refractivity contribution in [2.75, 3.05) is 32.8 Å². The molecule has 134 valence electrons. The number of hydrogen-bond donors (Lipinski definition) is 0. The number of carbonyl (C=O) groups excluding carboxylic acids is 1. The van der Waals surface area contributed by atoms with Crippen LogP contribution < -0.4 is 0 Å². The summed E-state index contributed by atoms with van der Waals surface area (Å²) in [6, 6.07) is 10.7. The fourth-order valence-corrected chi connectivity index (χ4v) is 4.80. The summed E-state index contributed by atoms with van der Waals surface area (Å²) >= 11 is 0. The fourth-order valence-electron chi connectivity index (χ4n) is 4.80. The minimum atomic E-state index is -0.0810. The van der Waals surface area contributed by atoms with E-state index in [1.807, 2.05) is 6.92 Å². The Morgan fingerprint density at radius 1 is 1.16 bits per heavy atom. The molecule has 4 rings (SSSR count). The van der Waals surface area contributed by atoms with Gasteiger partial charge in [-0.05, 0) is 30.7 Å². The van der Waals surface area contributed by atoms with E-state index in [0.717, 1.165) is 44.7 Å². The Bertz CT molecular complexity index is 631. The highest BCUT2D eigenvalue weighted by molar-refractivity contribution is 5.80. The molecule has 1 aromatic carbocycles. The second kappa shape index (κ2) is 6.93. The minimum absolute atomic E-state index is 0.0169. The monoisotopic (exact) mass is 340 g/mol. The van der Waals surface area contributed by atoms with Gasteiger partial charge in [-0.1, -0.05) is 42.5 Å². The smallest absolute Gasteiger partial charge is 0.228 e. The number of nitrogens with zero attached hydrogens (tertiary/aromatic N) is 2. The Morgan fingerprint density at radius 2 is 1.84 bits per heavy atom. The molecule has 0 N–H and O–H groups in total. The molecule has 3 aliphatic heterocycles. The van der Waals surface area contributed by atoms with Gasteiger partial charge in [-0.2, -0.15) is 0 Å². The zero-order valence-electron chi connectivity index (χ0n) is 15.1. The molecule has 25 heavy (non-hydrogen) atoms. The first-order chi connectivity index (χ1) is 12.1. The molecule has 1 aromatic rings. The SMILES string of the molecule is C=C(C)[C@H]1OCC[C@H]1C(=O)N1C[C@H]2CN(Cc3ccccc3)C[C@H]2C1. The highest BCUT2D eigenvalue weighted by atomic mass is 16.5. The Balaban J connectivity index is 1.33. The molecule has 3 aliphatic rings. The fraction of sp³-hybridized carbons (Fsp3) is 0.571. The van der Waals surface area contributed by atoms with Crippen LogP contribution in [0.15, 0.2) is 42.5 Å². The lowest BCUT2D eigenvalue weighted by Crippen LogP contribution is -2.40. The van der Waals surface area contributed by atoms with E-state index in [1.54, 1.807) is 0 Å². The zero-order chi connectivity index (χ0) is 17.4. The van der Waals surface area contributed by atoms with Crippen molar-refractivity contribution in [3.05, 3.63) is 48.0 Å². The number of ether oxygens (including phenoxy) is 1. The maximum Gasteiger partial charge on any atom is 0.228 e. The molecule has 0 saturated carbocycles. The van der Waals surface area contributed by atoms with E-state index < -0.39 is 0 Å². The molecule has 3 saturated heterocycles. The van der Waals surface area contributed by atoms with E-state index in [9.17, 15) is 4.79 Å². The van der Waals surface area contributed by atoms with Gasteiger partial charge in [-0.3, -0.25) is 9.69 Å². The zero-order valence-corrected chi connectivity index (χ0v) is 15.1. The number of fused-ring (bicyclic) bond motifs is 1. The van der Waals surface area contributed by atoms with Crippen LogP contribution in [0.5, 0.6) is 0 Å². The summed E-state index contributed by atoms with van der Waals surface area (Å²) in [6.07, 6.45) is 0.755. The van der Waals surface area contributed by atoms with Crippen molar-refractivity contribution in [2.45, 2.75) is 26.0 Å². The van der Waals surface area contributed by atoms with Crippen LogP contribution in [-0.2, 0) is 16.1 Å². The number of likely N-dealkylation sites (tertiary alicyclic amines) is 2. The first kappa shape index (κ1) is 16.8. The Morgan fingerprint density at radius 3 is 2.48 bits per heavy atom. The number of benzene rings is 1. The van der Waals surface area contributed by atoms with Gasteiger partial charge in [0, 0.05) is 39.3 Å². The van der Waals surface area contributed by atoms with E-state index in [-0.39, 0.29) is 17.9 Å². The number of rotatable bonds is 4. The molecular formula is C21H28N2O2. The molecule has 0 aliphatic carbocycles. The van der Waals surface area contributed by atoms with Crippen molar-refractivity contribution in [2.24, 2.45) is 17.8 Å². The molecule has 0 radical (unpaired) electrons. The largest absolute Gasteiger partial charge is 0.373 e. The van der Waals surface area contributed by atoms with E-state index >= 15 is 0 Å². The third-order valence-electron chi connectivity index (χ3n) is 6.02.